The standard InChI is InChI=1S/C36H44N6O3/c1-22-31(40-36(44)27-12-10-26(11-13-27)25-8-9-25)3-2-18-42(22)32-21-38-33(34(37)43)35(41-32)39-28-14-16-29(17-15-28)45-30-19-23-4-5-24(20-30)7-6-23/h10-17,21-25,30-31H,2-9,18-20H2,1H3,(H2,37,43)(H,39,41)(H,40,44)/t22-,23-,24+,30?,31-/m1/s1. The molecule has 2 atom stereocenters. The topological polar surface area (TPSA) is 122 Å². The second-order valence-corrected chi connectivity index (χ2v) is 13.6. The van der Waals surface area contributed by atoms with Gasteiger partial charge < -0.3 is 26.0 Å². The minimum Gasteiger partial charge on any atom is -0.490 e. The van der Waals surface area contributed by atoms with Crippen LogP contribution in [0.4, 0.5) is 17.3 Å². The average molecular weight is 609 g/mol. The van der Waals surface area contributed by atoms with Crippen LogP contribution < -0.4 is 26.0 Å². The number of benzene rings is 2. The molecule has 8 rings (SSSR count). The molecule has 45 heavy (non-hydrogen) atoms. The number of fused-ring (bicyclic) bond motifs is 4. The number of anilines is 3. The van der Waals surface area contributed by atoms with Crippen molar-refractivity contribution in [3.8, 4) is 5.75 Å². The third-order valence-corrected chi connectivity index (χ3v) is 10.4. The van der Waals surface area contributed by atoms with Gasteiger partial charge in [-0.05, 0) is 105 Å². The molecule has 2 amide bonds. The third-order valence-electron chi connectivity index (χ3n) is 10.4. The van der Waals surface area contributed by atoms with Crippen molar-refractivity contribution < 1.29 is 14.3 Å². The zero-order valence-corrected chi connectivity index (χ0v) is 26.1. The Balaban J connectivity index is 1.02. The van der Waals surface area contributed by atoms with Crippen molar-refractivity contribution in [3.05, 3.63) is 71.5 Å². The highest BCUT2D eigenvalue weighted by Crippen LogP contribution is 2.41. The second-order valence-electron chi connectivity index (χ2n) is 13.6. The van der Waals surface area contributed by atoms with Crippen LogP contribution in [0.5, 0.6) is 5.75 Å². The molecule has 0 unspecified atom stereocenters. The van der Waals surface area contributed by atoms with E-state index in [-0.39, 0.29) is 29.8 Å². The molecule has 4 N–H and O–H groups in total. The van der Waals surface area contributed by atoms with Crippen molar-refractivity contribution in [1.82, 2.24) is 15.3 Å². The fourth-order valence-electron chi connectivity index (χ4n) is 7.61. The fourth-order valence-corrected chi connectivity index (χ4v) is 7.61. The highest BCUT2D eigenvalue weighted by atomic mass is 16.5. The SMILES string of the molecule is C[C@@H]1[C@H](NC(=O)c2ccc(C3CC3)cc2)CCCN1c1cnc(C(N)=O)c(Nc2ccc(OC3C[C@H]4CC[C@H](CC4)C3)cc2)n1. The van der Waals surface area contributed by atoms with Crippen LogP contribution in [0.15, 0.2) is 54.7 Å². The summed E-state index contributed by atoms with van der Waals surface area (Å²) >= 11 is 0. The van der Waals surface area contributed by atoms with Gasteiger partial charge in [0.15, 0.2) is 11.5 Å². The molecular weight excluding hydrogens is 564 g/mol. The van der Waals surface area contributed by atoms with Gasteiger partial charge in [-0.25, -0.2) is 9.97 Å². The van der Waals surface area contributed by atoms with Crippen LogP contribution in [-0.4, -0.2) is 46.5 Å². The van der Waals surface area contributed by atoms with E-state index in [1.807, 2.05) is 36.4 Å². The lowest BCUT2D eigenvalue weighted by atomic mass is 9.84. The van der Waals surface area contributed by atoms with E-state index in [0.29, 0.717) is 23.1 Å². The van der Waals surface area contributed by atoms with Gasteiger partial charge in [0.25, 0.3) is 11.8 Å². The van der Waals surface area contributed by atoms with Crippen LogP contribution in [0.3, 0.4) is 0 Å². The molecule has 4 saturated carbocycles. The van der Waals surface area contributed by atoms with Gasteiger partial charge in [-0.15, -0.1) is 0 Å². The summed E-state index contributed by atoms with van der Waals surface area (Å²) in [6.07, 6.45) is 13.8. The van der Waals surface area contributed by atoms with Gasteiger partial charge in [0.1, 0.15) is 11.6 Å². The first-order chi connectivity index (χ1) is 21.9. The summed E-state index contributed by atoms with van der Waals surface area (Å²) in [6.45, 7) is 2.86. The predicted octanol–water partition coefficient (Wildman–Crippen LogP) is 6.33. The monoisotopic (exact) mass is 608 g/mol. The van der Waals surface area contributed by atoms with Crippen LogP contribution >= 0.6 is 0 Å². The van der Waals surface area contributed by atoms with E-state index >= 15 is 0 Å². The summed E-state index contributed by atoms with van der Waals surface area (Å²) < 4.78 is 6.41. The van der Waals surface area contributed by atoms with Gasteiger partial charge in [0.2, 0.25) is 0 Å². The number of piperidine rings is 1. The number of carbonyl (C=O) groups is 2. The molecule has 4 aliphatic carbocycles. The van der Waals surface area contributed by atoms with Crippen LogP contribution in [0.2, 0.25) is 0 Å². The summed E-state index contributed by atoms with van der Waals surface area (Å²) in [6, 6.07) is 15.7. The lowest BCUT2D eigenvalue weighted by Gasteiger charge is -2.40. The number of hydrogen-bond donors (Lipinski definition) is 3. The number of amides is 2. The first-order valence-electron chi connectivity index (χ1n) is 16.8. The Kier molecular flexibility index (Phi) is 8.34. The van der Waals surface area contributed by atoms with Gasteiger partial charge in [-0.3, -0.25) is 9.59 Å². The van der Waals surface area contributed by atoms with Crippen LogP contribution in [0.25, 0.3) is 0 Å². The van der Waals surface area contributed by atoms with Gasteiger partial charge in [-0.1, -0.05) is 37.8 Å². The first kappa shape index (κ1) is 29.6. The Morgan fingerprint density at radius 1 is 0.911 bits per heavy atom. The van der Waals surface area contributed by atoms with Crippen LogP contribution in [0, 0.1) is 11.8 Å². The van der Waals surface area contributed by atoms with E-state index in [4.69, 9.17) is 15.5 Å². The van der Waals surface area contributed by atoms with Crippen molar-refractivity contribution >= 4 is 29.1 Å². The molecule has 236 valence electrons. The quantitative estimate of drug-likeness (QED) is 0.259. The zero-order chi connectivity index (χ0) is 30.9. The number of nitrogens with one attached hydrogen (secondary N) is 2. The molecule has 2 bridgehead atoms. The number of aromatic nitrogens is 2. The molecule has 5 aliphatic rings. The number of primary amides is 1. The minimum atomic E-state index is -0.649. The number of nitrogens with two attached hydrogens (primary N) is 1. The van der Waals surface area contributed by atoms with E-state index in [1.54, 1.807) is 6.20 Å². The van der Waals surface area contributed by atoms with Crippen molar-refractivity contribution in [2.24, 2.45) is 17.6 Å². The Hall–Kier alpha value is -4.14. The molecule has 5 fully saturated rings. The lowest BCUT2D eigenvalue weighted by Crippen LogP contribution is -2.54. The van der Waals surface area contributed by atoms with Gasteiger partial charge in [0.05, 0.1) is 12.3 Å². The van der Waals surface area contributed by atoms with E-state index in [2.05, 4.69) is 39.6 Å². The minimum absolute atomic E-state index is 0.0225. The fraction of sp³-hybridized carbons (Fsp3) is 0.500. The maximum Gasteiger partial charge on any atom is 0.271 e. The Morgan fingerprint density at radius 2 is 1.60 bits per heavy atom. The number of nitrogens with zero attached hydrogens (tertiary/aromatic N) is 3. The largest absolute Gasteiger partial charge is 0.490 e. The summed E-state index contributed by atoms with van der Waals surface area (Å²) in [4.78, 5) is 36.8. The molecule has 0 spiro atoms. The average Bonchev–Trinajstić information content (AvgIpc) is 3.92. The number of hydrogen-bond acceptors (Lipinski definition) is 7. The maximum absolute atomic E-state index is 13.1. The van der Waals surface area contributed by atoms with E-state index in [1.165, 1.54) is 44.1 Å². The van der Waals surface area contributed by atoms with Gasteiger partial charge in [-0.2, -0.15) is 0 Å². The molecule has 3 aromatic rings. The van der Waals surface area contributed by atoms with Crippen molar-refractivity contribution in [2.75, 3.05) is 16.8 Å². The molecule has 0 radical (unpaired) electrons. The molecule has 1 aliphatic heterocycles. The maximum atomic E-state index is 13.1. The lowest BCUT2D eigenvalue weighted by molar-refractivity contribution is 0.0923. The summed E-state index contributed by atoms with van der Waals surface area (Å²) in [5.74, 6) is 3.34. The molecule has 1 aromatic heterocycles. The normalized spacial score (nSPS) is 26.2. The zero-order valence-electron chi connectivity index (χ0n) is 26.1. The number of ether oxygens (including phenoxy) is 1. The van der Waals surface area contributed by atoms with Gasteiger partial charge >= 0.3 is 0 Å². The van der Waals surface area contributed by atoms with E-state index < -0.39 is 5.91 Å². The van der Waals surface area contributed by atoms with E-state index in [0.717, 1.165) is 55.5 Å². The molecule has 9 nitrogen and oxygen atoms in total. The summed E-state index contributed by atoms with van der Waals surface area (Å²) in [7, 11) is 0. The second kappa shape index (κ2) is 12.7. The smallest absolute Gasteiger partial charge is 0.271 e. The molecule has 2 heterocycles. The molecular formula is C36H44N6O3. The molecule has 9 heteroatoms. The third kappa shape index (κ3) is 6.77. The van der Waals surface area contributed by atoms with Crippen molar-refractivity contribution in [3.63, 3.8) is 0 Å². The highest BCUT2D eigenvalue weighted by Gasteiger charge is 2.33. The molecule has 2 aromatic carbocycles. The summed E-state index contributed by atoms with van der Waals surface area (Å²) in [5.41, 5.74) is 8.53. The number of rotatable bonds is 9. The van der Waals surface area contributed by atoms with Crippen LogP contribution in [-0.2, 0) is 0 Å². The van der Waals surface area contributed by atoms with Crippen molar-refractivity contribution in [2.45, 2.75) is 95.2 Å². The molecule has 1 saturated heterocycles. The van der Waals surface area contributed by atoms with E-state index in [9.17, 15) is 9.59 Å². The first-order valence-corrected chi connectivity index (χ1v) is 16.8. The Labute approximate surface area is 265 Å². The Bertz CT molecular complexity index is 1500. The van der Waals surface area contributed by atoms with Crippen LogP contribution in [0.1, 0.15) is 103 Å². The van der Waals surface area contributed by atoms with Gasteiger partial charge in [0, 0.05) is 29.9 Å². The predicted molar refractivity (Wildman–Crippen MR) is 175 cm³/mol. The summed E-state index contributed by atoms with van der Waals surface area (Å²) in [5, 5.41) is 6.52. The Morgan fingerprint density at radius 3 is 2.24 bits per heavy atom. The highest BCUT2D eigenvalue weighted by molar-refractivity contribution is 5.96. The van der Waals surface area contributed by atoms with Crippen molar-refractivity contribution in [1.29, 1.82) is 0 Å². The number of carbonyl (C=O) groups excluding carboxylic acids is 2.